The number of amides is 1. The predicted octanol–water partition coefficient (Wildman–Crippen LogP) is 4.63. The van der Waals surface area contributed by atoms with Gasteiger partial charge in [-0.2, -0.15) is 0 Å². The lowest BCUT2D eigenvalue weighted by Gasteiger charge is -2.11. The van der Waals surface area contributed by atoms with Crippen molar-refractivity contribution in [1.82, 2.24) is 4.98 Å². The number of carboxylic acid groups (broad SMARTS) is 1. The maximum Gasteiger partial charge on any atom is 0.337 e. The highest BCUT2D eigenvalue weighted by Gasteiger charge is 2.11. The van der Waals surface area contributed by atoms with Crippen LogP contribution in [0.4, 0.5) is 5.82 Å². The number of pyridine rings is 1. The summed E-state index contributed by atoms with van der Waals surface area (Å²) < 4.78 is 16.3. The molecule has 0 unspecified atom stereocenters. The average Bonchev–Trinajstić information content (AvgIpc) is 2.85. The number of carbonyl (C=O) groups excluding carboxylic acids is 1. The number of nitrogens with one attached hydrogen (secondary N) is 1. The minimum atomic E-state index is -1.09. The zero-order valence-corrected chi connectivity index (χ0v) is 19.0. The average molecular weight is 463 g/mol. The van der Waals surface area contributed by atoms with E-state index in [-0.39, 0.29) is 11.4 Å². The Labute approximate surface area is 197 Å². The monoisotopic (exact) mass is 462 g/mol. The zero-order valence-electron chi connectivity index (χ0n) is 19.0. The normalized spacial score (nSPS) is 10.8. The van der Waals surface area contributed by atoms with Gasteiger partial charge in [0, 0.05) is 37.5 Å². The van der Waals surface area contributed by atoms with Crippen LogP contribution in [0, 0.1) is 0 Å². The van der Waals surface area contributed by atoms with E-state index in [1.165, 1.54) is 18.3 Å². The summed E-state index contributed by atoms with van der Waals surface area (Å²) in [6.45, 7) is 1.01. The number of carbonyl (C=O) groups is 2. The van der Waals surface area contributed by atoms with Crippen molar-refractivity contribution in [2.45, 2.75) is 6.42 Å². The number of anilines is 1. The van der Waals surface area contributed by atoms with Crippen LogP contribution in [-0.2, 0) is 4.74 Å². The first-order valence-corrected chi connectivity index (χ1v) is 10.6. The number of aromatic carboxylic acids is 1. The lowest BCUT2D eigenvalue weighted by atomic mass is 10.1. The molecule has 2 N–H and O–H groups in total. The van der Waals surface area contributed by atoms with Gasteiger partial charge in [0.15, 0.2) is 0 Å². The van der Waals surface area contributed by atoms with Crippen molar-refractivity contribution in [3.05, 3.63) is 83.0 Å². The van der Waals surface area contributed by atoms with Gasteiger partial charge < -0.3 is 24.6 Å². The molecule has 0 fully saturated rings. The number of aromatic nitrogens is 1. The van der Waals surface area contributed by atoms with Crippen molar-refractivity contribution in [3.8, 4) is 11.5 Å². The Morgan fingerprint density at radius 1 is 1.00 bits per heavy atom. The summed E-state index contributed by atoms with van der Waals surface area (Å²) in [6, 6.07) is 15.6. The second-order valence-electron chi connectivity index (χ2n) is 7.25. The standard InChI is InChI=1S/C26H26N2O6/c1-32-12-5-13-34-22-15-18(8-9-19-6-3-4-7-23(19)33-2)14-21(16-22)25(29)28-24-11-10-20(17-27-24)26(30)31/h3-4,6-11,14-17H,5,12-13H2,1-2H3,(H,30,31)(H,27,28,29)/b9-8+. The van der Waals surface area contributed by atoms with Gasteiger partial charge in [-0.3, -0.25) is 4.79 Å². The second kappa shape index (κ2) is 12.2. The summed E-state index contributed by atoms with van der Waals surface area (Å²) in [5.41, 5.74) is 2.06. The number of ether oxygens (including phenoxy) is 3. The molecule has 0 aliphatic heterocycles. The molecule has 0 atom stereocenters. The number of para-hydroxylation sites is 1. The van der Waals surface area contributed by atoms with Crippen LogP contribution in [-0.4, -0.2) is 49.4 Å². The number of nitrogens with zero attached hydrogens (tertiary/aromatic N) is 1. The molecule has 0 aliphatic rings. The fourth-order valence-corrected chi connectivity index (χ4v) is 3.10. The summed E-state index contributed by atoms with van der Waals surface area (Å²) in [6.07, 6.45) is 5.67. The van der Waals surface area contributed by atoms with Crippen LogP contribution in [0.3, 0.4) is 0 Å². The van der Waals surface area contributed by atoms with Crippen molar-refractivity contribution < 1.29 is 28.9 Å². The summed E-state index contributed by atoms with van der Waals surface area (Å²) >= 11 is 0. The van der Waals surface area contributed by atoms with Crippen molar-refractivity contribution in [2.24, 2.45) is 0 Å². The van der Waals surface area contributed by atoms with Crippen LogP contribution in [0.25, 0.3) is 12.2 Å². The Kier molecular flexibility index (Phi) is 8.76. The summed E-state index contributed by atoms with van der Waals surface area (Å²) in [5.74, 6) is 0.0322. The Bertz CT molecular complexity index is 1160. The predicted molar refractivity (Wildman–Crippen MR) is 130 cm³/mol. The van der Waals surface area contributed by atoms with Gasteiger partial charge in [0.2, 0.25) is 0 Å². The van der Waals surface area contributed by atoms with Crippen molar-refractivity contribution in [2.75, 3.05) is 32.8 Å². The number of methoxy groups -OCH3 is 2. The molecule has 8 heteroatoms. The van der Waals surface area contributed by atoms with E-state index >= 15 is 0 Å². The molecule has 0 saturated heterocycles. The van der Waals surface area contributed by atoms with Crippen LogP contribution in [0.15, 0.2) is 60.8 Å². The minimum absolute atomic E-state index is 0.0354. The maximum atomic E-state index is 12.9. The number of carboxylic acids is 1. The summed E-state index contributed by atoms with van der Waals surface area (Å²) in [4.78, 5) is 27.9. The molecular weight excluding hydrogens is 436 g/mol. The molecule has 8 nitrogen and oxygen atoms in total. The molecule has 0 spiro atoms. The lowest BCUT2D eigenvalue weighted by molar-refractivity contribution is 0.0696. The van der Waals surface area contributed by atoms with Gasteiger partial charge in [-0.1, -0.05) is 30.4 Å². The zero-order chi connectivity index (χ0) is 24.3. The maximum absolute atomic E-state index is 12.9. The first-order chi connectivity index (χ1) is 16.5. The molecule has 34 heavy (non-hydrogen) atoms. The van der Waals surface area contributed by atoms with Crippen molar-refractivity contribution in [3.63, 3.8) is 0 Å². The lowest BCUT2D eigenvalue weighted by Crippen LogP contribution is -2.14. The number of hydrogen-bond acceptors (Lipinski definition) is 6. The van der Waals surface area contributed by atoms with Gasteiger partial charge in [-0.15, -0.1) is 0 Å². The van der Waals surface area contributed by atoms with Gasteiger partial charge >= 0.3 is 5.97 Å². The molecule has 1 amide bonds. The van der Waals surface area contributed by atoms with Gasteiger partial charge in [-0.25, -0.2) is 9.78 Å². The quantitative estimate of drug-likeness (QED) is 0.316. The highest BCUT2D eigenvalue weighted by molar-refractivity contribution is 6.04. The van der Waals surface area contributed by atoms with E-state index in [0.29, 0.717) is 30.9 Å². The van der Waals surface area contributed by atoms with Crippen LogP contribution in [0.5, 0.6) is 11.5 Å². The third-order valence-electron chi connectivity index (χ3n) is 4.80. The molecule has 0 bridgehead atoms. The fraction of sp³-hybridized carbons (Fsp3) is 0.192. The van der Waals surface area contributed by atoms with Gasteiger partial charge in [0.1, 0.15) is 17.3 Å². The second-order valence-corrected chi connectivity index (χ2v) is 7.25. The molecule has 0 radical (unpaired) electrons. The molecule has 0 aliphatic carbocycles. The third kappa shape index (κ3) is 6.91. The van der Waals surface area contributed by atoms with E-state index in [9.17, 15) is 9.59 Å². The van der Waals surface area contributed by atoms with E-state index in [4.69, 9.17) is 19.3 Å². The van der Waals surface area contributed by atoms with E-state index in [0.717, 1.165) is 16.9 Å². The number of benzene rings is 2. The molecular formula is C26H26N2O6. The SMILES string of the molecule is COCCCOc1cc(/C=C/c2ccccc2OC)cc(C(=O)Nc2ccc(C(=O)O)cn2)c1. The fourth-order valence-electron chi connectivity index (χ4n) is 3.10. The van der Waals surface area contributed by atoms with Gasteiger partial charge in [-0.05, 0) is 42.0 Å². The van der Waals surface area contributed by atoms with E-state index in [1.54, 1.807) is 26.4 Å². The Morgan fingerprint density at radius 3 is 2.53 bits per heavy atom. The Hall–Kier alpha value is -4.17. The van der Waals surface area contributed by atoms with Crippen LogP contribution in [0.2, 0.25) is 0 Å². The molecule has 176 valence electrons. The molecule has 1 heterocycles. The Balaban J connectivity index is 1.84. The summed E-state index contributed by atoms with van der Waals surface area (Å²) in [7, 11) is 3.24. The molecule has 2 aromatic carbocycles. The Morgan fingerprint density at radius 2 is 1.82 bits per heavy atom. The first kappa shape index (κ1) is 24.5. The minimum Gasteiger partial charge on any atom is -0.496 e. The highest BCUT2D eigenvalue weighted by Crippen LogP contribution is 2.23. The number of rotatable bonds is 11. The van der Waals surface area contributed by atoms with Crippen molar-refractivity contribution in [1.29, 1.82) is 0 Å². The molecule has 0 saturated carbocycles. The van der Waals surface area contributed by atoms with Crippen molar-refractivity contribution >= 4 is 29.8 Å². The van der Waals surface area contributed by atoms with E-state index in [2.05, 4.69) is 10.3 Å². The highest BCUT2D eigenvalue weighted by atomic mass is 16.5. The van der Waals surface area contributed by atoms with E-state index < -0.39 is 11.9 Å². The van der Waals surface area contributed by atoms with Crippen LogP contribution < -0.4 is 14.8 Å². The largest absolute Gasteiger partial charge is 0.496 e. The molecule has 3 aromatic rings. The number of hydrogen-bond donors (Lipinski definition) is 2. The third-order valence-corrected chi connectivity index (χ3v) is 4.80. The molecule has 3 rings (SSSR count). The molecule has 1 aromatic heterocycles. The first-order valence-electron chi connectivity index (χ1n) is 10.6. The van der Waals surface area contributed by atoms with Crippen LogP contribution >= 0.6 is 0 Å². The topological polar surface area (TPSA) is 107 Å². The van der Waals surface area contributed by atoms with Gasteiger partial charge in [0.05, 0.1) is 19.3 Å². The van der Waals surface area contributed by atoms with E-state index in [1.807, 2.05) is 42.5 Å². The smallest absolute Gasteiger partial charge is 0.337 e. The van der Waals surface area contributed by atoms with Crippen LogP contribution in [0.1, 0.15) is 38.3 Å². The summed E-state index contributed by atoms with van der Waals surface area (Å²) in [5, 5.41) is 11.7. The van der Waals surface area contributed by atoms with Gasteiger partial charge in [0.25, 0.3) is 5.91 Å².